The van der Waals surface area contributed by atoms with Crippen LogP contribution in [0.25, 0.3) is 0 Å². The van der Waals surface area contributed by atoms with Crippen molar-refractivity contribution in [2.45, 2.75) is 39.5 Å². The molecule has 21 heavy (non-hydrogen) atoms. The monoisotopic (exact) mass is 289 g/mol. The Morgan fingerprint density at radius 2 is 1.86 bits per heavy atom. The molecule has 1 aromatic carbocycles. The molecule has 1 heterocycles. The van der Waals surface area contributed by atoms with Gasteiger partial charge in [-0.1, -0.05) is 6.07 Å². The molecule has 114 valence electrons. The summed E-state index contributed by atoms with van der Waals surface area (Å²) in [5, 5.41) is 8.72. The second-order valence-electron chi connectivity index (χ2n) is 5.97. The van der Waals surface area contributed by atoms with Crippen LogP contribution in [0, 0.1) is 19.8 Å². The average Bonchev–Trinajstić information content (AvgIpc) is 2.48. The van der Waals surface area contributed by atoms with Crippen molar-refractivity contribution >= 4 is 11.9 Å². The number of nitrogens with zero attached hydrogens (tertiary/aromatic N) is 1. The highest BCUT2D eigenvalue weighted by molar-refractivity contribution is 5.94. The summed E-state index contributed by atoms with van der Waals surface area (Å²) in [4.78, 5) is 25.0. The fourth-order valence-corrected chi connectivity index (χ4v) is 2.81. The fourth-order valence-electron chi connectivity index (χ4n) is 2.81. The van der Waals surface area contributed by atoms with E-state index in [0.29, 0.717) is 5.92 Å². The summed E-state index contributed by atoms with van der Waals surface area (Å²) in [5.41, 5.74) is 3.08. The molecule has 0 aliphatic carbocycles. The lowest BCUT2D eigenvalue weighted by molar-refractivity contribution is -0.137. The van der Waals surface area contributed by atoms with E-state index in [9.17, 15) is 9.59 Å². The van der Waals surface area contributed by atoms with Gasteiger partial charge in [0.15, 0.2) is 0 Å². The van der Waals surface area contributed by atoms with Crippen molar-refractivity contribution in [3.63, 3.8) is 0 Å². The van der Waals surface area contributed by atoms with Crippen LogP contribution >= 0.6 is 0 Å². The van der Waals surface area contributed by atoms with Crippen LogP contribution in [0.1, 0.15) is 47.2 Å². The van der Waals surface area contributed by atoms with Crippen molar-refractivity contribution < 1.29 is 14.7 Å². The SMILES string of the molecule is Cc1ccc(C(=O)N2CCC(CCC(=O)O)CC2)cc1C. The van der Waals surface area contributed by atoms with E-state index in [1.54, 1.807) is 0 Å². The molecule has 0 unspecified atom stereocenters. The molecule has 0 atom stereocenters. The van der Waals surface area contributed by atoms with Gasteiger partial charge < -0.3 is 10.0 Å². The van der Waals surface area contributed by atoms with Gasteiger partial charge in [0.25, 0.3) is 5.91 Å². The van der Waals surface area contributed by atoms with E-state index in [1.807, 2.05) is 36.9 Å². The maximum absolute atomic E-state index is 12.5. The lowest BCUT2D eigenvalue weighted by Gasteiger charge is -2.32. The Hall–Kier alpha value is -1.84. The van der Waals surface area contributed by atoms with Crippen LogP contribution in [0.4, 0.5) is 0 Å². The van der Waals surface area contributed by atoms with Crippen LogP contribution in [-0.4, -0.2) is 35.0 Å². The molecule has 1 fully saturated rings. The molecule has 1 aliphatic rings. The Balaban J connectivity index is 1.90. The molecular weight excluding hydrogens is 266 g/mol. The smallest absolute Gasteiger partial charge is 0.303 e. The Labute approximate surface area is 125 Å². The van der Waals surface area contributed by atoms with E-state index in [1.165, 1.54) is 5.56 Å². The molecule has 0 aromatic heterocycles. The van der Waals surface area contributed by atoms with Gasteiger partial charge in [0.2, 0.25) is 0 Å². The van der Waals surface area contributed by atoms with E-state index in [-0.39, 0.29) is 12.3 Å². The highest BCUT2D eigenvalue weighted by Gasteiger charge is 2.24. The molecule has 1 saturated heterocycles. The summed E-state index contributed by atoms with van der Waals surface area (Å²) in [6, 6.07) is 5.83. The molecule has 2 rings (SSSR count). The van der Waals surface area contributed by atoms with Gasteiger partial charge in [-0.3, -0.25) is 9.59 Å². The van der Waals surface area contributed by atoms with Crippen LogP contribution in [0.3, 0.4) is 0 Å². The molecule has 4 heteroatoms. The Morgan fingerprint density at radius 3 is 2.43 bits per heavy atom. The number of carboxylic acids is 1. The predicted molar refractivity (Wildman–Crippen MR) is 81.4 cm³/mol. The number of benzene rings is 1. The first-order valence-corrected chi connectivity index (χ1v) is 7.55. The minimum atomic E-state index is -0.733. The second kappa shape index (κ2) is 6.74. The first kappa shape index (κ1) is 15.5. The zero-order valence-electron chi connectivity index (χ0n) is 12.8. The number of carbonyl (C=O) groups excluding carboxylic acids is 1. The number of aryl methyl sites for hydroxylation is 2. The number of piperidine rings is 1. The van der Waals surface area contributed by atoms with Gasteiger partial charge in [0.1, 0.15) is 0 Å². The third kappa shape index (κ3) is 4.06. The Morgan fingerprint density at radius 1 is 1.19 bits per heavy atom. The van der Waals surface area contributed by atoms with E-state index in [2.05, 4.69) is 0 Å². The van der Waals surface area contributed by atoms with Gasteiger partial charge in [0.05, 0.1) is 0 Å². The van der Waals surface area contributed by atoms with Gasteiger partial charge in [-0.05, 0) is 62.3 Å². The van der Waals surface area contributed by atoms with Gasteiger partial charge >= 0.3 is 5.97 Å². The molecule has 1 aliphatic heterocycles. The number of amides is 1. The van der Waals surface area contributed by atoms with Crippen LogP contribution in [0.15, 0.2) is 18.2 Å². The molecule has 0 spiro atoms. The third-order valence-corrected chi connectivity index (χ3v) is 4.42. The molecule has 0 saturated carbocycles. The van der Waals surface area contributed by atoms with Crippen LogP contribution < -0.4 is 0 Å². The molecule has 1 aromatic rings. The van der Waals surface area contributed by atoms with Gasteiger partial charge in [-0.25, -0.2) is 0 Å². The number of carbonyl (C=O) groups is 2. The van der Waals surface area contributed by atoms with Gasteiger partial charge in [0, 0.05) is 25.1 Å². The Kier molecular flexibility index (Phi) is 4.99. The lowest BCUT2D eigenvalue weighted by Crippen LogP contribution is -2.38. The average molecular weight is 289 g/mol. The van der Waals surface area contributed by atoms with E-state index < -0.39 is 5.97 Å². The first-order chi connectivity index (χ1) is 9.97. The Bertz CT molecular complexity index is 531. The van der Waals surface area contributed by atoms with Crippen molar-refractivity contribution in [2.75, 3.05) is 13.1 Å². The highest BCUT2D eigenvalue weighted by atomic mass is 16.4. The summed E-state index contributed by atoms with van der Waals surface area (Å²) in [5.74, 6) is -0.205. The number of hydrogen-bond acceptors (Lipinski definition) is 2. The summed E-state index contributed by atoms with van der Waals surface area (Å²) in [6.45, 7) is 5.52. The van der Waals surface area contributed by atoms with E-state index in [0.717, 1.165) is 43.5 Å². The second-order valence-corrected chi connectivity index (χ2v) is 5.97. The van der Waals surface area contributed by atoms with Gasteiger partial charge in [-0.15, -0.1) is 0 Å². The first-order valence-electron chi connectivity index (χ1n) is 7.55. The number of carboxylic acid groups (broad SMARTS) is 1. The number of aliphatic carboxylic acids is 1. The van der Waals surface area contributed by atoms with Crippen molar-refractivity contribution in [1.29, 1.82) is 0 Å². The van der Waals surface area contributed by atoms with E-state index in [4.69, 9.17) is 5.11 Å². The zero-order chi connectivity index (χ0) is 15.4. The topological polar surface area (TPSA) is 57.6 Å². The van der Waals surface area contributed by atoms with Crippen LogP contribution in [0.2, 0.25) is 0 Å². The normalized spacial score (nSPS) is 16.0. The minimum absolute atomic E-state index is 0.0924. The standard InChI is InChI=1S/C17H23NO3/c1-12-3-5-15(11-13(12)2)17(21)18-9-7-14(8-10-18)4-6-16(19)20/h3,5,11,14H,4,6-10H2,1-2H3,(H,19,20). The van der Waals surface area contributed by atoms with Crippen LogP contribution in [0.5, 0.6) is 0 Å². The lowest BCUT2D eigenvalue weighted by atomic mass is 9.92. The molecule has 0 bridgehead atoms. The van der Waals surface area contributed by atoms with Crippen molar-refractivity contribution in [1.82, 2.24) is 4.90 Å². The van der Waals surface area contributed by atoms with Crippen LogP contribution in [-0.2, 0) is 4.79 Å². The number of likely N-dealkylation sites (tertiary alicyclic amines) is 1. The number of hydrogen-bond donors (Lipinski definition) is 1. The quantitative estimate of drug-likeness (QED) is 0.927. The number of rotatable bonds is 4. The molecule has 1 amide bonds. The molecule has 4 nitrogen and oxygen atoms in total. The van der Waals surface area contributed by atoms with E-state index >= 15 is 0 Å². The zero-order valence-corrected chi connectivity index (χ0v) is 12.8. The fraction of sp³-hybridized carbons (Fsp3) is 0.529. The maximum Gasteiger partial charge on any atom is 0.303 e. The summed E-state index contributed by atoms with van der Waals surface area (Å²) in [7, 11) is 0. The van der Waals surface area contributed by atoms with Crippen molar-refractivity contribution in [2.24, 2.45) is 5.92 Å². The highest BCUT2D eigenvalue weighted by Crippen LogP contribution is 2.23. The van der Waals surface area contributed by atoms with Gasteiger partial charge in [-0.2, -0.15) is 0 Å². The maximum atomic E-state index is 12.5. The molecule has 0 radical (unpaired) electrons. The molecule has 1 N–H and O–H groups in total. The largest absolute Gasteiger partial charge is 0.481 e. The van der Waals surface area contributed by atoms with Crippen molar-refractivity contribution in [3.05, 3.63) is 34.9 Å². The van der Waals surface area contributed by atoms with Crippen molar-refractivity contribution in [3.8, 4) is 0 Å². The summed E-state index contributed by atoms with van der Waals surface area (Å²) < 4.78 is 0. The summed E-state index contributed by atoms with van der Waals surface area (Å²) >= 11 is 0. The minimum Gasteiger partial charge on any atom is -0.481 e. The molecular formula is C17H23NO3. The summed E-state index contributed by atoms with van der Waals surface area (Å²) in [6.07, 6.45) is 2.77. The third-order valence-electron chi connectivity index (χ3n) is 4.42. The predicted octanol–water partition coefficient (Wildman–Crippen LogP) is 3.02.